The third kappa shape index (κ3) is 5.08. The van der Waals surface area contributed by atoms with Gasteiger partial charge >= 0.3 is 6.18 Å². The third-order valence-electron chi connectivity index (χ3n) is 5.35. The predicted molar refractivity (Wildman–Crippen MR) is 111 cm³/mol. The number of hydrogen-bond donors (Lipinski definition) is 2. The van der Waals surface area contributed by atoms with Gasteiger partial charge in [-0.15, -0.1) is 0 Å². The van der Waals surface area contributed by atoms with E-state index in [-0.39, 0.29) is 29.6 Å². The molecule has 1 fully saturated rings. The molecule has 3 rings (SSSR count). The van der Waals surface area contributed by atoms with Crippen molar-refractivity contribution in [2.45, 2.75) is 52.8 Å². The second kappa shape index (κ2) is 9.11. The molecule has 0 unspecified atom stereocenters. The number of likely N-dealkylation sites (tertiary alicyclic amines) is 1. The molecule has 0 aliphatic carbocycles. The van der Waals surface area contributed by atoms with Crippen molar-refractivity contribution in [3.05, 3.63) is 23.7 Å². The number of rotatable bonds is 6. The third-order valence-corrected chi connectivity index (χ3v) is 5.35. The highest BCUT2D eigenvalue weighted by molar-refractivity contribution is 5.78. The van der Waals surface area contributed by atoms with Crippen LogP contribution in [-0.4, -0.2) is 50.2 Å². The fourth-order valence-electron chi connectivity index (χ4n) is 3.68. The molecule has 2 aromatic rings. The van der Waals surface area contributed by atoms with E-state index in [2.05, 4.69) is 25.7 Å². The van der Waals surface area contributed by atoms with Gasteiger partial charge in [-0.2, -0.15) is 23.3 Å². The number of alkyl halides is 3. The van der Waals surface area contributed by atoms with Gasteiger partial charge in [0.2, 0.25) is 11.9 Å². The van der Waals surface area contributed by atoms with Gasteiger partial charge in [-0.3, -0.25) is 9.48 Å². The number of carbonyl (C=O) groups excluding carboxylic acids is 1. The van der Waals surface area contributed by atoms with E-state index in [1.165, 1.54) is 0 Å². The summed E-state index contributed by atoms with van der Waals surface area (Å²) in [6.07, 6.45) is -0.560. The van der Waals surface area contributed by atoms with Crippen molar-refractivity contribution < 1.29 is 18.0 Å². The summed E-state index contributed by atoms with van der Waals surface area (Å²) in [7, 11) is 0. The molecule has 0 radical (unpaired) electrons. The van der Waals surface area contributed by atoms with Gasteiger partial charge in [0.05, 0.1) is 23.6 Å². The van der Waals surface area contributed by atoms with E-state index >= 15 is 0 Å². The summed E-state index contributed by atoms with van der Waals surface area (Å²) >= 11 is 0. The lowest BCUT2D eigenvalue weighted by atomic mass is 10.0. The molecule has 0 atom stereocenters. The number of anilines is 3. The van der Waals surface area contributed by atoms with E-state index in [4.69, 9.17) is 0 Å². The maximum absolute atomic E-state index is 13.1. The largest absolute Gasteiger partial charge is 0.421 e. The second-order valence-corrected chi connectivity index (χ2v) is 7.91. The molecular weight excluding hydrogens is 411 g/mol. The number of amides is 1. The molecule has 0 bridgehead atoms. The first-order valence-corrected chi connectivity index (χ1v) is 10.4. The number of carbonyl (C=O) groups is 1. The van der Waals surface area contributed by atoms with Gasteiger partial charge in [0.1, 0.15) is 11.4 Å². The summed E-state index contributed by atoms with van der Waals surface area (Å²) in [5.41, 5.74) is 0.556. The Kier molecular flexibility index (Phi) is 6.71. The van der Waals surface area contributed by atoms with Crippen LogP contribution >= 0.6 is 0 Å². The predicted octanol–water partition coefficient (Wildman–Crippen LogP) is 4.00. The van der Waals surface area contributed by atoms with Crippen LogP contribution in [-0.2, 0) is 11.0 Å². The molecule has 2 aromatic heterocycles. The quantitative estimate of drug-likeness (QED) is 0.708. The Labute approximate surface area is 179 Å². The van der Waals surface area contributed by atoms with Crippen LogP contribution < -0.4 is 10.6 Å². The molecule has 1 saturated heterocycles. The molecule has 8 nitrogen and oxygen atoms in total. The van der Waals surface area contributed by atoms with Crippen molar-refractivity contribution in [2.24, 2.45) is 5.92 Å². The normalized spacial score (nSPS) is 15.4. The molecule has 0 saturated carbocycles. The van der Waals surface area contributed by atoms with E-state index < -0.39 is 11.7 Å². The zero-order valence-corrected chi connectivity index (χ0v) is 18.1. The molecule has 1 amide bonds. The highest BCUT2D eigenvalue weighted by Gasteiger charge is 2.35. The molecule has 170 valence electrons. The lowest BCUT2D eigenvalue weighted by Crippen LogP contribution is -2.41. The topological polar surface area (TPSA) is 88.0 Å². The van der Waals surface area contributed by atoms with Gasteiger partial charge in [0.15, 0.2) is 0 Å². The molecule has 31 heavy (non-hydrogen) atoms. The van der Waals surface area contributed by atoms with Gasteiger partial charge in [-0.05, 0) is 26.7 Å². The Morgan fingerprint density at radius 1 is 1.26 bits per heavy atom. The van der Waals surface area contributed by atoms with Crippen molar-refractivity contribution in [2.75, 3.05) is 30.3 Å². The molecule has 0 aromatic carbocycles. The minimum Gasteiger partial charge on any atom is -0.370 e. The average Bonchev–Trinajstić information content (AvgIpc) is 3.07. The van der Waals surface area contributed by atoms with E-state index in [1.54, 1.807) is 13.1 Å². The van der Waals surface area contributed by atoms with E-state index in [0.29, 0.717) is 25.3 Å². The van der Waals surface area contributed by atoms with Crippen LogP contribution in [0.2, 0.25) is 0 Å². The van der Waals surface area contributed by atoms with Gasteiger partial charge in [-0.25, -0.2) is 4.98 Å². The van der Waals surface area contributed by atoms with Crippen LogP contribution in [0.15, 0.2) is 12.4 Å². The fraction of sp³-hybridized carbons (Fsp3) is 0.600. The summed E-state index contributed by atoms with van der Waals surface area (Å²) in [5.74, 6) is -0.0627. The van der Waals surface area contributed by atoms with Crippen molar-refractivity contribution in [3.8, 4) is 0 Å². The molecule has 1 aliphatic rings. The lowest BCUT2D eigenvalue weighted by molar-refractivity contribution is -0.137. The number of hydrogen-bond acceptors (Lipinski definition) is 6. The minimum atomic E-state index is -4.54. The van der Waals surface area contributed by atoms with Crippen LogP contribution in [0, 0.1) is 12.8 Å². The smallest absolute Gasteiger partial charge is 0.370 e. The number of nitrogens with zero attached hydrogens (tertiary/aromatic N) is 5. The number of piperidine rings is 1. The maximum Gasteiger partial charge on any atom is 0.421 e. The Morgan fingerprint density at radius 2 is 1.94 bits per heavy atom. The van der Waals surface area contributed by atoms with Crippen LogP contribution in [0.3, 0.4) is 0 Å². The number of halogens is 3. The van der Waals surface area contributed by atoms with Crippen molar-refractivity contribution >= 4 is 23.4 Å². The zero-order valence-electron chi connectivity index (χ0n) is 18.1. The Morgan fingerprint density at radius 3 is 2.52 bits per heavy atom. The second-order valence-electron chi connectivity index (χ2n) is 7.91. The standard InChI is InChI=1S/C20H28F3N7O/c1-5-24-17-15(20(21,22)23)10-25-19(28-17)27-16-11-26-30(13(16)4)14-6-8-29(9-7-14)18(31)12(2)3/h10-12,14H,5-9H2,1-4H3,(H2,24,25,27,28). The van der Waals surface area contributed by atoms with Crippen LogP contribution in [0.5, 0.6) is 0 Å². The Hall–Kier alpha value is -2.85. The maximum atomic E-state index is 13.1. The molecule has 2 N–H and O–H groups in total. The Bertz CT molecular complexity index is 918. The average molecular weight is 439 g/mol. The van der Waals surface area contributed by atoms with E-state index in [0.717, 1.165) is 24.7 Å². The first-order valence-electron chi connectivity index (χ1n) is 10.4. The summed E-state index contributed by atoms with van der Waals surface area (Å²) in [5, 5.41) is 10.1. The number of aromatic nitrogens is 4. The van der Waals surface area contributed by atoms with E-state index in [9.17, 15) is 18.0 Å². The van der Waals surface area contributed by atoms with Gasteiger partial charge in [0.25, 0.3) is 0 Å². The highest BCUT2D eigenvalue weighted by atomic mass is 19.4. The fourth-order valence-corrected chi connectivity index (χ4v) is 3.68. The van der Waals surface area contributed by atoms with Crippen LogP contribution in [0.4, 0.5) is 30.6 Å². The van der Waals surface area contributed by atoms with Crippen molar-refractivity contribution in [1.29, 1.82) is 0 Å². The summed E-state index contributed by atoms with van der Waals surface area (Å²) < 4.78 is 41.3. The summed E-state index contributed by atoms with van der Waals surface area (Å²) in [4.78, 5) is 21.9. The zero-order chi connectivity index (χ0) is 22.8. The van der Waals surface area contributed by atoms with Gasteiger partial charge < -0.3 is 15.5 Å². The summed E-state index contributed by atoms with van der Waals surface area (Å²) in [6, 6.07) is 0.151. The highest BCUT2D eigenvalue weighted by Crippen LogP contribution is 2.34. The van der Waals surface area contributed by atoms with Gasteiger partial charge in [0, 0.05) is 31.7 Å². The monoisotopic (exact) mass is 439 g/mol. The number of nitrogens with one attached hydrogen (secondary N) is 2. The summed E-state index contributed by atoms with van der Waals surface area (Å²) in [6.45, 7) is 9.04. The van der Waals surface area contributed by atoms with Crippen molar-refractivity contribution in [1.82, 2.24) is 24.6 Å². The molecular formula is C20H28F3N7O. The Balaban J connectivity index is 1.73. The first-order chi connectivity index (χ1) is 14.6. The van der Waals surface area contributed by atoms with Crippen molar-refractivity contribution in [3.63, 3.8) is 0 Å². The molecule has 11 heteroatoms. The first kappa shape index (κ1) is 22.8. The lowest BCUT2D eigenvalue weighted by Gasteiger charge is -2.33. The molecule has 0 spiro atoms. The van der Waals surface area contributed by atoms with Crippen LogP contribution in [0.1, 0.15) is 50.9 Å². The SMILES string of the molecule is CCNc1nc(Nc2cnn(C3CCN(C(=O)C(C)C)CC3)c2C)ncc1C(F)(F)F. The van der Waals surface area contributed by atoms with Crippen LogP contribution in [0.25, 0.3) is 0 Å². The minimum absolute atomic E-state index is 0.0189. The molecule has 1 aliphatic heterocycles. The molecule has 3 heterocycles. The van der Waals surface area contributed by atoms with E-state index in [1.807, 2.05) is 30.4 Å². The van der Waals surface area contributed by atoms with Gasteiger partial charge in [-0.1, -0.05) is 13.8 Å².